The molecule has 5 rings (SSSR count). The number of aromatic nitrogens is 3. The van der Waals surface area contributed by atoms with Crippen LogP contribution in [0.2, 0.25) is 5.02 Å². The number of hydrogen-bond acceptors (Lipinski definition) is 6. The van der Waals surface area contributed by atoms with Gasteiger partial charge in [0.25, 0.3) is 11.6 Å². The van der Waals surface area contributed by atoms with Crippen LogP contribution in [-0.4, -0.2) is 25.4 Å². The fourth-order valence-corrected chi connectivity index (χ4v) is 3.99. The first-order valence-electron chi connectivity index (χ1n) is 11.3. The van der Waals surface area contributed by atoms with Crippen molar-refractivity contribution >= 4 is 34.5 Å². The number of carbonyl (C=O) groups excluding carboxylic acids is 1. The number of hydrogen-bond donors (Lipinski definition) is 1. The van der Waals surface area contributed by atoms with E-state index >= 15 is 0 Å². The Labute approximate surface area is 226 Å². The molecule has 0 saturated carbocycles. The molecule has 0 atom stereocenters. The Hall–Kier alpha value is -5.04. The molecule has 14 heteroatoms. The maximum Gasteiger partial charge on any atom is 0.433 e. The Morgan fingerprint density at radius 2 is 1.70 bits per heavy atom. The topological polar surface area (TPSA) is 112 Å². The summed E-state index contributed by atoms with van der Waals surface area (Å²) in [6, 6.07) is 17.0. The summed E-state index contributed by atoms with van der Waals surface area (Å²) in [6.07, 6.45) is -4.87. The molecular weight excluding hydrogens is 558 g/mol. The van der Waals surface area contributed by atoms with Gasteiger partial charge in [0.2, 0.25) is 0 Å². The van der Waals surface area contributed by atoms with Crippen LogP contribution < -0.4 is 10.1 Å². The van der Waals surface area contributed by atoms with Gasteiger partial charge in [-0.25, -0.2) is 13.9 Å². The van der Waals surface area contributed by atoms with Crippen molar-refractivity contribution in [1.29, 1.82) is 0 Å². The standard InChI is InChI=1S/C26H14ClF4N5O4/c27-22-23(34-35-21(26(29,30)31)13-20(33-24(22)35)14-4-2-1-3-5-14)25(37)32-16-10-17(36(38)39)12-19(11-16)40-18-8-6-15(28)7-9-18/h1-13H,(H,32,37). The molecule has 0 aliphatic carbocycles. The minimum absolute atomic E-state index is 0.0459. The Balaban J connectivity index is 1.53. The molecule has 0 fully saturated rings. The normalized spacial score (nSPS) is 11.4. The zero-order valence-electron chi connectivity index (χ0n) is 19.8. The summed E-state index contributed by atoms with van der Waals surface area (Å²) in [5.74, 6) is -1.51. The van der Waals surface area contributed by atoms with Gasteiger partial charge >= 0.3 is 6.18 Å². The minimum atomic E-state index is -4.87. The lowest BCUT2D eigenvalue weighted by Gasteiger charge is -2.11. The average molecular weight is 572 g/mol. The number of nitrogens with zero attached hydrogens (tertiary/aromatic N) is 4. The summed E-state index contributed by atoms with van der Waals surface area (Å²) in [6.45, 7) is 0. The van der Waals surface area contributed by atoms with Gasteiger partial charge in [0.05, 0.1) is 22.4 Å². The second kappa shape index (κ2) is 10.3. The maximum atomic E-state index is 13.9. The highest BCUT2D eigenvalue weighted by molar-refractivity contribution is 6.37. The van der Waals surface area contributed by atoms with Gasteiger partial charge in [0.15, 0.2) is 17.0 Å². The summed E-state index contributed by atoms with van der Waals surface area (Å²) < 4.78 is 61.0. The number of carbonyl (C=O) groups is 1. The third kappa shape index (κ3) is 5.40. The van der Waals surface area contributed by atoms with E-state index in [-0.39, 0.29) is 22.9 Å². The van der Waals surface area contributed by atoms with Gasteiger partial charge < -0.3 is 10.1 Å². The van der Waals surface area contributed by atoms with Crippen molar-refractivity contribution in [3.63, 3.8) is 0 Å². The molecule has 202 valence electrons. The number of amides is 1. The first kappa shape index (κ1) is 26.6. The number of halogens is 5. The van der Waals surface area contributed by atoms with E-state index in [1.54, 1.807) is 30.3 Å². The summed E-state index contributed by atoms with van der Waals surface area (Å²) in [5, 5.41) is 17.1. The molecule has 2 heterocycles. The number of anilines is 1. The monoisotopic (exact) mass is 571 g/mol. The number of nitrogens with one attached hydrogen (secondary N) is 1. The van der Waals surface area contributed by atoms with E-state index in [9.17, 15) is 32.5 Å². The summed E-state index contributed by atoms with van der Waals surface area (Å²) in [7, 11) is 0. The fraction of sp³-hybridized carbons (Fsp3) is 0.0385. The smallest absolute Gasteiger partial charge is 0.433 e. The van der Waals surface area contributed by atoms with Gasteiger partial charge in [0.1, 0.15) is 22.3 Å². The number of ether oxygens (including phenoxy) is 1. The van der Waals surface area contributed by atoms with Crippen LogP contribution in [0.5, 0.6) is 11.5 Å². The molecule has 0 bridgehead atoms. The quantitative estimate of drug-likeness (QED) is 0.131. The molecule has 9 nitrogen and oxygen atoms in total. The minimum Gasteiger partial charge on any atom is -0.457 e. The van der Waals surface area contributed by atoms with Crippen molar-refractivity contribution in [2.24, 2.45) is 0 Å². The van der Waals surface area contributed by atoms with E-state index in [0.717, 1.165) is 30.3 Å². The van der Waals surface area contributed by atoms with Gasteiger partial charge in [-0.2, -0.15) is 18.3 Å². The predicted molar refractivity (Wildman–Crippen MR) is 136 cm³/mol. The Morgan fingerprint density at radius 3 is 2.35 bits per heavy atom. The van der Waals surface area contributed by atoms with Crippen molar-refractivity contribution in [3.8, 4) is 22.8 Å². The molecule has 0 saturated heterocycles. The Kier molecular flexibility index (Phi) is 6.81. The highest BCUT2D eigenvalue weighted by atomic mass is 35.5. The first-order chi connectivity index (χ1) is 19.0. The van der Waals surface area contributed by atoms with Crippen LogP contribution in [0.15, 0.2) is 78.9 Å². The third-order valence-electron chi connectivity index (χ3n) is 5.52. The Morgan fingerprint density at radius 1 is 1.00 bits per heavy atom. The van der Waals surface area contributed by atoms with E-state index in [1.165, 1.54) is 18.2 Å². The summed E-state index contributed by atoms with van der Waals surface area (Å²) in [4.78, 5) is 28.0. The van der Waals surface area contributed by atoms with E-state index < -0.39 is 50.6 Å². The van der Waals surface area contributed by atoms with Crippen LogP contribution in [-0.2, 0) is 6.18 Å². The maximum absolute atomic E-state index is 13.9. The van der Waals surface area contributed by atoms with Gasteiger partial charge in [-0.1, -0.05) is 41.9 Å². The first-order valence-corrected chi connectivity index (χ1v) is 11.6. The molecule has 0 aliphatic heterocycles. The van der Waals surface area contributed by atoms with Crippen LogP contribution in [0.3, 0.4) is 0 Å². The lowest BCUT2D eigenvalue weighted by molar-refractivity contribution is -0.384. The summed E-state index contributed by atoms with van der Waals surface area (Å²) in [5.41, 5.74) is -2.51. The van der Waals surface area contributed by atoms with E-state index in [0.29, 0.717) is 10.1 Å². The van der Waals surface area contributed by atoms with E-state index in [4.69, 9.17) is 16.3 Å². The van der Waals surface area contributed by atoms with Crippen molar-refractivity contribution in [2.45, 2.75) is 6.18 Å². The van der Waals surface area contributed by atoms with Crippen molar-refractivity contribution in [3.05, 3.63) is 111 Å². The molecule has 0 unspecified atom stereocenters. The van der Waals surface area contributed by atoms with Gasteiger partial charge in [-0.15, -0.1) is 0 Å². The molecule has 2 aromatic heterocycles. The fourth-order valence-electron chi connectivity index (χ4n) is 3.74. The lowest BCUT2D eigenvalue weighted by Crippen LogP contribution is -2.16. The molecule has 0 radical (unpaired) electrons. The van der Waals surface area contributed by atoms with E-state index in [2.05, 4.69) is 15.4 Å². The number of nitro benzene ring substituents is 1. The lowest BCUT2D eigenvalue weighted by atomic mass is 10.1. The van der Waals surface area contributed by atoms with Crippen LogP contribution in [0, 0.1) is 15.9 Å². The van der Waals surface area contributed by atoms with Gasteiger partial charge in [-0.05, 0) is 30.3 Å². The van der Waals surface area contributed by atoms with Crippen molar-refractivity contribution < 1.29 is 32.0 Å². The number of alkyl halides is 3. The highest BCUT2D eigenvalue weighted by Gasteiger charge is 2.36. The molecule has 3 aromatic carbocycles. The zero-order chi connectivity index (χ0) is 28.6. The summed E-state index contributed by atoms with van der Waals surface area (Å²) >= 11 is 6.30. The number of nitro groups is 1. The second-order valence-electron chi connectivity index (χ2n) is 8.27. The number of non-ortho nitro benzene ring substituents is 1. The van der Waals surface area contributed by atoms with Crippen LogP contribution in [0.4, 0.5) is 28.9 Å². The third-order valence-corrected chi connectivity index (χ3v) is 5.87. The zero-order valence-corrected chi connectivity index (χ0v) is 20.6. The molecular formula is C26H14ClF4N5O4. The van der Waals surface area contributed by atoms with Crippen molar-refractivity contribution in [2.75, 3.05) is 5.32 Å². The second-order valence-corrected chi connectivity index (χ2v) is 8.65. The van der Waals surface area contributed by atoms with Gasteiger partial charge in [0, 0.05) is 17.7 Å². The van der Waals surface area contributed by atoms with E-state index in [1.807, 2.05) is 0 Å². The number of benzene rings is 3. The molecule has 1 N–H and O–H groups in total. The van der Waals surface area contributed by atoms with Crippen LogP contribution in [0.25, 0.3) is 16.9 Å². The Bertz CT molecular complexity index is 1760. The predicted octanol–water partition coefficient (Wildman–Crippen LogP) is 7.16. The van der Waals surface area contributed by atoms with Gasteiger partial charge in [-0.3, -0.25) is 14.9 Å². The molecule has 40 heavy (non-hydrogen) atoms. The highest BCUT2D eigenvalue weighted by Crippen LogP contribution is 2.35. The average Bonchev–Trinajstić information content (AvgIpc) is 3.25. The largest absolute Gasteiger partial charge is 0.457 e. The number of rotatable bonds is 6. The van der Waals surface area contributed by atoms with Crippen LogP contribution >= 0.6 is 11.6 Å². The SMILES string of the molecule is O=C(Nc1cc(Oc2ccc(F)cc2)cc([N+](=O)[O-])c1)c1nn2c(C(F)(F)F)cc(-c3ccccc3)nc2c1Cl. The van der Waals surface area contributed by atoms with Crippen LogP contribution in [0.1, 0.15) is 16.2 Å². The molecule has 0 spiro atoms. The molecule has 1 amide bonds. The number of fused-ring (bicyclic) bond motifs is 1. The molecule has 0 aliphatic rings. The van der Waals surface area contributed by atoms with Crippen molar-refractivity contribution in [1.82, 2.24) is 14.6 Å². The molecule has 5 aromatic rings.